The molecule has 1 heterocycles. The van der Waals surface area contributed by atoms with Gasteiger partial charge in [-0.15, -0.1) is 0 Å². The molecular formula is C16H27N3O. The van der Waals surface area contributed by atoms with Crippen molar-refractivity contribution in [1.82, 2.24) is 4.90 Å². The molecule has 2 rings (SSSR count). The second kappa shape index (κ2) is 6.46. The quantitative estimate of drug-likeness (QED) is 0.893. The molecule has 0 amide bonds. The summed E-state index contributed by atoms with van der Waals surface area (Å²) < 4.78 is 5.29. The molecule has 20 heavy (non-hydrogen) atoms. The summed E-state index contributed by atoms with van der Waals surface area (Å²) >= 11 is 0. The van der Waals surface area contributed by atoms with Gasteiger partial charge in [0.1, 0.15) is 5.75 Å². The Labute approximate surface area is 122 Å². The van der Waals surface area contributed by atoms with Crippen molar-refractivity contribution in [3.8, 4) is 5.75 Å². The number of ether oxygens (including phenoxy) is 1. The first-order valence-electron chi connectivity index (χ1n) is 7.38. The lowest BCUT2D eigenvalue weighted by atomic mass is 10.0. The van der Waals surface area contributed by atoms with E-state index in [1.807, 2.05) is 6.07 Å². The van der Waals surface area contributed by atoms with Gasteiger partial charge in [0, 0.05) is 50.0 Å². The van der Waals surface area contributed by atoms with Gasteiger partial charge in [0.2, 0.25) is 0 Å². The van der Waals surface area contributed by atoms with Gasteiger partial charge in [0.25, 0.3) is 0 Å². The van der Waals surface area contributed by atoms with Crippen LogP contribution in [0.5, 0.6) is 5.75 Å². The van der Waals surface area contributed by atoms with Crippen molar-refractivity contribution < 1.29 is 4.74 Å². The van der Waals surface area contributed by atoms with E-state index < -0.39 is 0 Å². The van der Waals surface area contributed by atoms with Crippen LogP contribution in [0.4, 0.5) is 5.69 Å². The molecule has 1 aromatic carbocycles. The number of piperazine rings is 1. The van der Waals surface area contributed by atoms with E-state index in [-0.39, 0.29) is 5.54 Å². The maximum Gasteiger partial charge on any atom is 0.120 e. The van der Waals surface area contributed by atoms with Gasteiger partial charge in [-0.3, -0.25) is 4.90 Å². The first kappa shape index (κ1) is 15.1. The smallest absolute Gasteiger partial charge is 0.120 e. The molecule has 0 unspecified atom stereocenters. The second-order valence-electron chi connectivity index (χ2n) is 6.27. The van der Waals surface area contributed by atoms with Crippen molar-refractivity contribution in [2.24, 2.45) is 5.73 Å². The minimum absolute atomic E-state index is 0.0655. The Morgan fingerprint density at radius 3 is 2.50 bits per heavy atom. The van der Waals surface area contributed by atoms with E-state index in [0.717, 1.165) is 44.9 Å². The lowest BCUT2D eigenvalue weighted by molar-refractivity contribution is 0.235. The fraction of sp³-hybridized carbons (Fsp3) is 0.625. The average molecular weight is 277 g/mol. The maximum absolute atomic E-state index is 6.05. The normalized spacial score (nSPS) is 17.3. The molecule has 0 saturated carbocycles. The van der Waals surface area contributed by atoms with Gasteiger partial charge in [0.15, 0.2) is 0 Å². The molecule has 0 aromatic heterocycles. The summed E-state index contributed by atoms with van der Waals surface area (Å²) in [5.74, 6) is 0.926. The Hall–Kier alpha value is -1.26. The second-order valence-corrected chi connectivity index (χ2v) is 6.27. The first-order valence-corrected chi connectivity index (χ1v) is 7.38. The highest BCUT2D eigenvalue weighted by Crippen LogP contribution is 2.22. The number of hydrogen-bond donors (Lipinski definition) is 1. The lowest BCUT2D eigenvalue weighted by Gasteiger charge is -2.37. The van der Waals surface area contributed by atoms with E-state index in [4.69, 9.17) is 10.5 Å². The summed E-state index contributed by atoms with van der Waals surface area (Å²) in [6, 6.07) is 8.31. The number of hydrogen-bond acceptors (Lipinski definition) is 4. The van der Waals surface area contributed by atoms with E-state index in [0.29, 0.717) is 0 Å². The zero-order valence-corrected chi connectivity index (χ0v) is 12.9. The topological polar surface area (TPSA) is 41.7 Å². The molecule has 1 fully saturated rings. The van der Waals surface area contributed by atoms with Crippen LogP contribution >= 0.6 is 0 Å². The fourth-order valence-corrected chi connectivity index (χ4v) is 2.48. The highest BCUT2D eigenvalue weighted by atomic mass is 16.5. The van der Waals surface area contributed by atoms with Crippen LogP contribution in [0.15, 0.2) is 24.3 Å². The van der Waals surface area contributed by atoms with Gasteiger partial charge in [-0.1, -0.05) is 6.07 Å². The molecule has 2 N–H and O–H groups in total. The lowest BCUT2D eigenvalue weighted by Crippen LogP contribution is -2.48. The van der Waals surface area contributed by atoms with Gasteiger partial charge < -0.3 is 15.4 Å². The zero-order valence-electron chi connectivity index (χ0n) is 12.9. The van der Waals surface area contributed by atoms with Gasteiger partial charge >= 0.3 is 0 Å². The van der Waals surface area contributed by atoms with Crippen LogP contribution in [0.25, 0.3) is 0 Å². The predicted octanol–water partition coefficient (Wildman–Crippen LogP) is 1.94. The van der Waals surface area contributed by atoms with E-state index in [1.165, 1.54) is 5.69 Å². The number of methoxy groups -OCH3 is 1. The number of rotatable bonds is 5. The SMILES string of the molecule is COc1cccc(N2CCN(CCC(C)(C)N)CC2)c1. The molecule has 1 saturated heterocycles. The molecule has 1 aliphatic rings. The third-order valence-electron chi connectivity index (χ3n) is 3.86. The minimum atomic E-state index is -0.0655. The van der Waals surface area contributed by atoms with Crippen molar-refractivity contribution in [3.63, 3.8) is 0 Å². The zero-order chi connectivity index (χ0) is 14.6. The molecule has 0 spiro atoms. The van der Waals surface area contributed by atoms with Gasteiger partial charge in [-0.25, -0.2) is 0 Å². The van der Waals surface area contributed by atoms with Crippen molar-refractivity contribution in [1.29, 1.82) is 0 Å². The predicted molar refractivity (Wildman–Crippen MR) is 84.5 cm³/mol. The molecular weight excluding hydrogens is 250 g/mol. The van der Waals surface area contributed by atoms with Crippen molar-refractivity contribution in [3.05, 3.63) is 24.3 Å². The Bertz CT molecular complexity index is 420. The fourth-order valence-electron chi connectivity index (χ4n) is 2.48. The molecule has 112 valence electrons. The van der Waals surface area contributed by atoms with Crippen LogP contribution in [0.2, 0.25) is 0 Å². The molecule has 0 radical (unpaired) electrons. The van der Waals surface area contributed by atoms with Crippen molar-refractivity contribution in [2.45, 2.75) is 25.8 Å². The van der Waals surface area contributed by atoms with E-state index in [1.54, 1.807) is 7.11 Å². The Kier molecular flexibility index (Phi) is 4.89. The van der Waals surface area contributed by atoms with Gasteiger partial charge in [-0.2, -0.15) is 0 Å². The molecule has 1 aromatic rings. The minimum Gasteiger partial charge on any atom is -0.497 e. The largest absolute Gasteiger partial charge is 0.497 e. The number of benzene rings is 1. The third kappa shape index (κ3) is 4.39. The molecule has 0 atom stereocenters. The summed E-state index contributed by atoms with van der Waals surface area (Å²) in [7, 11) is 1.71. The molecule has 4 heteroatoms. The van der Waals surface area contributed by atoms with Crippen LogP contribution in [0, 0.1) is 0 Å². The molecule has 0 bridgehead atoms. The van der Waals surface area contributed by atoms with Crippen LogP contribution in [0.1, 0.15) is 20.3 Å². The molecule has 4 nitrogen and oxygen atoms in total. The van der Waals surface area contributed by atoms with Crippen LogP contribution in [0.3, 0.4) is 0 Å². The Morgan fingerprint density at radius 1 is 1.20 bits per heavy atom. The summed E-state index contributed by atoms with van der Waals surface area (Å²) in [4.78, 5) is 4.93. The standard InChI is InChI=1S/C16H27N3O/c1-16(2,17)7-8-18-9-11-19(12-10-18)14-5-4-6-15(13-14)20-3/h4-6,13H,7-12,17H2,1-3H3. The van der Waals surface area contributed by atoms with E-state index in [2.05, 4.69) is 41.8 Å². The number of anilines is 1. The van der Waals surface area contributed by atoms with Crippen molar-refractivity contribution >= 4 is 5.69 Å². The van der Waals surface area contributed by atoms with Gasteiger partial charge in [-0.05, 0) is 32.4 Å². The summed E-state index contributed by atoms with van der Waals surface area (Å²) in [6.07, 6.45) is 1.05. The Balaban J connectivity index is 1.84. The highest BCUT2D eigenvalue weighted by molar-refractivity contribution is 5.51. The monoisotopic (exact) mass is 277 g/mol. The highest BCUT2D eigenvalue weighted by Gasteiger charge is 2.19. The van der Waals surface area contributed by atoms with Crippen LogP contribution < -0.4 is 15.4 Å². The van der Waals surface area contributed by atoms with E-state index in [9.17, 15) is 0 Å². The summed E-state index contributed by atoms with van der Waals surface area (Å²) in [5, 5.41) is 0. The maximum atomic E-state index is 6.05. The Morgan fingerprint density at radius 2 is 1.90 bits per heavy atom. The molecule has 1 aliphatic heterocycles. The molecule has 0 aliphatic carbocycles. The van der Waals surface area contributed by atoms with Crippen LogP contribution in [-0.2, 0) is 0 Å². The van der Waals surface area contributed by atoms with Crippen molar-refractivity contribution in [2.75, 3.05) is 44.7 Å². The number of nitrogens with two attached hydrogens (primary N) is 1. The third-order valence-corrected chi connectivity index (χ3v) is 3.86. The summed E-state index contributed by atoms with van der Waals surface area (Å²) in [6.45, 7) is 9.63. The average Bonchev–Trinajstić information content (AvgIpc) is 2.45. The van der Waals surface area contributed by atoms with Gasteiger partial charge in [0.05, 0.1) is 7.11 Å². The summed E-state index contributed by atoms with van der Waals surface area (Å²) in [5.41, 5.74) is 7.24. The number of nitrogens with zero attached hydrogens (tertiary/aromatic N) is 2. The van der Waals surface area contributed by atoms with Crippen LogP contribution in [-0.4, -0.2) is 50.3 Å². The first-order chi connectivity index (χ1) is 9.48. The van der Waals surface area contributed by atoms with E-state index >= 15 is 0 Å².